The Kier molecular flexibility index (Phi) is 8.34. The van der Waals surface area contributed by atoms with E-state index in [0.29, 0.717) is 15.9 Å². The lowest BCUT2D eigenvalue weighted by Crippen LogP contribution is -2.30. The van der Waals surface area contributed by atoms with Gasteiger partial charge in [0, 0.05) is 15.9 Å². The Balaban J connectivity index is 1.18. The van der Waals surface area contributed by atoms with Gasteiger partial charge in [-0.25, -0.2) is 8.78 Å². The molecular weight excluding hydrogens is 758 g/mol. The Morgan fingerprint density at radius 1 is 0.300 bits per heavy atom. The zero-order valence-electron chi connectivity index (χ0n) is 32.5. The molecule has 9 aromatic carbocycles. The fraction of sp³-hybridized carbons (Fsp3) is 0.0357. The Bertz CT molecular complexity index is 2860. The lowest BCUT2D eigenvalue weighted by atomic mass is 9.68. The van der Waals surface area contributed by atoms with Gasteiger partial charge in [-0.3, -0.25) is 0 Å². The van der Waals surface area contributed by atoms with Crippen LogP contribution in [0.25, 0.3) is 22.3 Å². The average Bonchev–Trinajstić information content (AvgIpc) is 3.77. The van der Waals surface area contributed by atoms with Crippen molar-refractivity contribution in [3.63, 3.8) is 0 Å². The van der Waals surface area contributed by atoms with Crippen molar-refractivity contribution in [2.24, 2.45) is 0 Å². The van der Waals surface area contributed by atoms with Gasteiger partial charge in [0.1, 0.15) is 11.6 Å². The number of rotatable bonds is 7. The van der Waals surface area contributed by atoms with Crippen molar-refractivity contribution in [1.29, 1.82) is 0 Å². The molecule has 0 bridgehead atoms. The molecule has 1 nitrogen and oxygen atoms in total. The lowest BCUT2D eigenvalue weighted by molar-refractivity contribution is 0.592. The van der Waals surface area contributed by atoms with Gasteiger partial charge in [0.25, 0.3) is 0 Å². The van der Waals surface area contributed by atoms with Crippen molar-refractivity contribution < 1.29 is 13.3 Å². The van der Waals surface area contributed by atoms with Gasteiger partial charge in [-0.2, -0.15) is 0 Å². The summed E-state index contributed by atoms with van der Waals surface area (Å²) < 4.78 is 47.6. The van der Waals surface area contributed by atoms with E-state index >= 15 is 13.3 Å². The molecule has 0 N–H and O–H groups in total. The summed E-state index contributed by atoms with van der Waals surface area (Å²) in [5.74, 6) is -0.670. The highest BCUT2D eigenvalue weighted by atomic mass is 31.2. The van der Waals surface area contributed by atoms with Crippen LogP contribution in [0.2, 0.25) is 0 Å². The first-order valence-corrected chi connectivity index (χ1v) is 21.9. The molecular formula is C56H37F2OP. The summed E-state index contributed by atoms with van der Waals surface area (Å²) in [4.78, 5) is 0. The summed E-state index contributed by atoms with van der Waals surface area (Å²) in [5.41, 5.74) is 9.92. The molecule has 0 aliphatic heterocycles. The smallest absolute Gasteiger partial charge is 0.171 e. The topological polar surface area (TPSA) is 17.1 Å². The molecule has 0 heterocycles. The molecule has 60 heavy (non-hydrogen) atoms. The summed E-state index contributed by atoms with van der Waals surface area (Å²) >= 11 is 0. The number of benzene rings is 9. The summed E-state index contributed by atoms with van der Waals surface area (Å²) in [6, 6.07) is 73.5. The third-order valence-corrected chi connectivity index (χ3v) is 15.9. The zero-order valence-corrected chi connectivity index (χ0v) is 33.4. The highest BCUT2D eigenvalue weighted by Gasteiger charge is 2.49. The van der Waals surface area contributed by atoms with Gasteiger partial charge in [-0.15, -0.1) is 0 Å². The summed E-state index contributed by atoms with van der Waals surface area (Å²) in [6.07, 6.45) is 0. The second-order valence-electron chi connectivity index (χ2n) is 15.7. The lowest BCUT2D eigenvalue weighted by Gasteiger charge is -2.34. The first kappa shape index (κ1) is 36.2. The molecule has 2 aliphatic carbocycles. The van der Waals surface area contributed by atoms with E-state index in [0.717, 1.165) is 66.8 Å². The molecule has 9 aromatic rings. The summed E-state index contributed by atoms with van der Waals surface area (Å²) in [7, 11) is -3.65. The molecule has 0 fully saturated rings. The third-order valence-electron chi connectivity index (χ3n) is 12.8. The second-order valence-corrected chi connectivity index (χ2v) is 18.5. The quantitative estimate of drug-likeness (QED) is 0.147. The molecule has 4 heteroatoms. The van der Waals surface area contributed by atoms with Crippen LogP contribution >= 0.6 is 7.14 Å². The Morgan fingerprint density at radius 3 is 0.917 bits per heavy atom. The summed E-state index contributed by atoms with van der Waals surface area (Å²) in [6.45, 7) is 0. The van der Waals surface area contributed by atoms with Crippen molar-refractivity contribution in [3.8, 4) is 22.3 Å². The number of halogens is 2. The van der Waals surface area contributed by atoms with Gasteiger partial charge in [0.2, 0.25) is 0 Å². The Labute approximate surface area is 348 Å². The highest BCUT2D eigenvalue weighted by Crippen LogP contribution is 2.59. The van der Waals surface area contributed by atoms with Crippen LogP contribution in [0.3, 0.4) is 0 Å². The van der Waals surface area contributed by atoms with Gasteiger partial charge in [-0.05, 0) is 103 Å². The minimum Gasteiger partial charge on any atom is -0.309 e. The molecule has 0 aromatic heterocycles. The van der Waals surface area contributed by atoms with Gasteiger partial charge in [0.05, 0.1) is 10.8 Å². The first-order valence-electron chi connectivity index (χ1n) is 20.2. The molecule has 0 saturated carbocycles. The van der Waals surface area contributed by atoms with Crippen molar-refractivity contribution in [2.75, 3.05) is 0 Å². The molecule has 0 atom stereocenters. The van der Waals surface area contributed by atoms with Crippen molar-refractivity contribution in [3.05, 3.63) is 281 Å². The monoisotopic (exact) mass is 794 g/mol. The minimum atomic E-state index is -3.65. The average molecular weight is 795 g/mol. The highest BCUT2D eigenvalue weighted by molar-refractivity contribution is 7.85. The number of fused-ring (bicyclic) bond motifs is 6. The molecule has 0 amide bonds. The van der Waals surface area contributed by atoms with Gasteiger partial charge < -0.3 is 4.57 Å². The number of hydrogen-bond donors (Lipinski definition) is 0. The maximum atomic E-state index is 16.6. The molecule has 2 aliphatic rings. The Morgan fingerprint density at radius 2 is 0.583 bits per heavy atom. The van der Waals surface area contributed by atoms with Crippen molar-refractivity contribution >= 4 is 23.1 Å². The molecule has 0 spiro atoms. The van der Waals surface area contributed by atoms with Gasteiger partial charge in [-0.1, -0.05) is 188 Å². The predicted octanol–water partition coefficient (Wildman–Crippen LogP) is 12.3. The molecule has 0 saturated heterocycles. The third kappa shape index (κ3) is 5.06. The van der Waals surface area contributed by atoms with E-state index in [9.17, 15) is 0 Å². The number of hydrogen-bond acceptors (Lipinski definition) is 1. The first-order chi connectivity index (χ1) is 29.4. The Hall–Kier alpha value is -6.93. The zero-order chi connectivity index (χ0) is 40.5. The van der Waals surface area contributed by atoms with Crippen LogP contribution in [0.5, 0.6) is 0 Å². The molecule has 286 valence electrons. The van der Waals surface area contributed by atoms with Gasteiger partial charge >= 0.3 is 0 Å². The van der Waals surface area contributed by atoms with Crippen LogP contribution in [0, 0.1) is 11.6 Å². The minimum absolute atomic E-state index is 0.335. The van der Waals surface area contributed by atoms with E-state index in [4.69, 9.17) is 0 Å². The van der Waals surface area contributed by atoms with Crippen LogP contribution in [-0.2, 0) is 15.4 Å². The van der Waals surface area contributed by atoms with E-state index in [-0.39, 0.29) is 11.6 Å². The molecule has 0 radical (unpaired) electrons. The van der Waals surface area contributed by atoms with E-state index in [1.807, 2.05) is 140 Å². The maximum absolute atomic E-state index is 16.6. The van der Waals surface area contributed by atoms with Crippen molar-refractivity contribution in [1.82, 2.24) is 0 Å². The fourth-order valence-corrected chi connectivity index (χ4v) is 13.1. The molecule has 11 rings (SSSR count). The van der Waals surface area contributed by atoms with E-state index in [1.54, 1.807) is 12.1 Å². The van der Waals surface area contributed by atoms with Gasteiger partial charge in [0.15, 0.2) is 7.14 Å². The van der Waals surface area contributed by atoms with Crippen LogP contribution in [-0.4, -0.2) is 0 Å². The predicted molar refractivity (Wildman–Crippen MR) is 240 cm³/mol. The van der Waals surface area contributed by atoms with Crippen LogP contribution in [0.15, 0.2) is 224 Å². The van der Waals surface area contributed by atoms with Crippen molar-refractivity contribution in [2.45, 2.75) is 10.8 Å². The van der Waals surface area contributed by atoms with Crippen LogP contribution in [0.4, 0.5) is 8.78 Å². The van der Waals surface area contributed by atoms with E-state index in [2.05, 4.69) is 60.7 Å². The SMILES string of the molecule is O=P(c1ccccc1)(c1ccc2c(c1)-c1cc(F)ccc1C2(c1ccccc1)c1ccccc1)c1ccc2c(c1)-c1cc(F)ccc1C2(c1ccccc1)c1ccccc1. The van der Waals surface area contributed by atoms with E-state index < -0.39 is 18.0 Å². The maximum Gasteiger partial charge on any atom is 0.171 e. The van der Waals surface area contributed by atoms with E-state index in [1.165, 1.54) is 12.1 Å². The second kappa shape index (κ2) is 13.8. The largest absolute Gasteiger partial charge is 0.309 e. The fourth-order valence-electron chi connectivity index (χ4n) is 10.4. The van der Waals surface area contributed by atoms with Crippen LogP contribution in [0.1, 0.15) is 44.5 Å². The normalized spacial score (nSPS) is 14.2. The molecule has 0 unspecified atom stereocenters. The summed E-state index contributed by atoms with van der Waals surface area (Å²) in [5, 5.41) is 1.94. The van der Waals surface area contributed by atoms with Crippen LogP contribution < -0.4 is 15.9 Å². The standard InChI is InChI=1S/C56H37F2OP/c57-42-26-30-51-47(34-42)49-36-45(28-32-53(49)55(51,38-16-6-1-7-17-38)39-18-8-2-9-19-39)60(59,44-24-14-5-15-25-44)46-29-33-54-50(37-46)48-35-43(58)27-31-52(48)56(54,40-20-10-3-11-21-40)41-22-12-4-13-23-41/h1-37H.